The van der Waals surface area contributed by atoms with Crippen molar-refractivity contribution in [2.24, 2.45) is 5.41 Å². The number of likely N-dealkylation sites (tertiary alicyclic amines) is 1. The molecule has 1 unspecified atom stereocenters. The molecule has 1 aliphatic heterocycles. The molecule has 0 aromatic carbocycles. The lowest BCUT2D eigenvalue weighted by molar-refractivity contribution is -0.142. The second-order valence-corrected chi connectivity index (χ2v) is 6.92. The fourth-order valence-electron chi connectivity index (χ4n) is 4.22. The molecule has 2 aliphatic rings. The molecule has 1 saturated carbocycles. The molecule has 0 amide bonds. The maximum atomic E-state index is 12.6. The summed E-state index contributed by atoms with van der Waals surface area (Å²) in [4.78, 5) is 13.6. The average molecular weight is 327 g/mol. The van der Waals surface area contributed by atoms with Gasteiger partial charge in [0.15, 0.2) is 0 Å². The first-order valence-corrected chi connectivity index (χ1v) is 8.25. The highest BCUT2D eigenvalue weighted by molar-refractivity contribution is 5.74. The number of hydrogen-bond acceptors (Lipinski definition) is 3. The third kappa shape index (κ3) is 3.54. The van der Waals surface area contributed by atoms with Crippen LogP contribution in [0.4, 0.5) is 8.78 Å². The molecule has 3 rings (SSSR count). The van der Waals surface area contributed by atoms with Crippen molar-refractivity contribution in [3.63, 3.8) is 0 Å². The maximum absolute atomic E-state index is 12.6. The first-order chi connectivity index (χ1) is 11.0. The molecule has 128 valence electrons. The van der Waals surface area contributed by atoms with Gasteiger partial charge in [-0.25, -0.2) is 8.78 Å². The molecule has 1 aromatic rings. The molecule has 5 nitrogen and oxygen atoms in total. The highest BCUT2D eigenvalue weighted by Crippen LogP contribution is 2.46. The van der Waals surface area contributed by atoms with Crippen molar-refractivity contribution in [3.8, 4) is 0 Å². The molecule has 0 bridgehead atoms. The molecular weight excluding hydrogens is 304 g/mol. The topological polar surface area (TPSA) is 58.4 Å². The number of hydrogen-bond donors (Lipinski definition) is 1. The maximum Gasteiger partial charge on any atom is 0.320 e. The van der Waals surface area contributed by atoms with Crippen LogP contribution in [0.1, 0.15) is 44.2 Å². The monoisotopic (exact) mass is 327 g/mol. The molecule has 1 N–H and O–H groups in total. The third-order valence-electron chi connectivity index (χ3n) is 5.29. The van der Waals surface area contributed by atoms with E-state index < -0.39 is 25.0 Å². The van der Waals surface area contributed by atoms with Gasteiger partial charge < -0.3 is 5.11 Å². The Labute approximate surface area is 134 Å². The van der Waals surface area contributed by atoms with Crippen LogP contribution in [-0.2, 0) is 17.9 Å². The lowest BCUT2D eigenvalue weighted by Crippen LogP contribution is -2.36. The number of alkyl halides is 2. The molecule has 0 radical (unpaired) electrons. The zero-order valence-corrected chi connectivity index (χ0v) is 13.1. The summed E-state index contributed by atoms with van der Waals surface area (Å²) in [7, 11) is 0. The van der Waals surface area contributed by atoms with Crippen LogP contribution in [-0.4, -0.2) is 44.8 Å². The van der Waals surface area contributed by atoms with E-state index >= 15 is 0 Å². The number of carbonyl (C=O) groups is 1. The van der Waals surface area contributed by atoms with Crippen molar-refractivity contribution in [3.05, 3.63) is 18.0 Å². The SMILES string of the molecule is O=C(O)C1CC2(CCCCC2)CN1Cc1ccnn1CC(F)F. The van der Waals surface area contributed by atoms with E-state index in [0.29, 0.717) is 18.7 Å². The fourth-order valence-corrected chi connectivity index (χ4v) is 4.22. The Hall–Kier alpha value is -1.50. The molecule has 2 fully saturated rings. The van der Waals surface area contributed by atoms with Gasteiger partial charge >= 0.3 is 5.97 Å². The average Bonchev–Trinajstić information content (AvgIpc) is 3.05. The van der Waals surface area contributed by atoms with E-state index in [1.54, 1.807) is 6.07 Å². The van der Waals surface area contributed by atoms with Gasteiger partial charge in [-0.2, -0.15) is 5.10 Å². The van der Waals surface area contributed by atoms with Crippen molar-refractivity contribution in [1.82, 2.24) is 14.7 Å². The van der Waals surface area contributed by atoms with Crippen LogP contribution in [0.5, 0.6) is 0 Å². The van der Waals surface area contributed by atoms with Gasteiger partial charge in [-0.1, -0.05) is 19.3 Å². The van der Waals surface area contributed by atoms with E-state index in [2.05, 4.69) is 5.10 Å². The predicted molar refractivity (Wildman–Crippen MR) is 80.2 cm³/mol. The van der Waals surface area contributed by atoms with Gasteiger partial charge in [0.05, 0.1) is 5.69 Å². The van der Waals surface area contributed by atoms with Crippen LogP contribution < -0.4 is 0 Å². The molecule has 23 heavy (non-hydrogen) atoms. The van der Waals surface area contributed by atoms with Crippen molar-refractivity contribution in [2.45, 2.75) is 64.1 Å². The van der Waals surface area contributed by atoms with Crippen LogP contribution >= 0.6 is 0 Å². The van der Waals surface area contributed by atoms with Gasteiger partial charge in [0.25, 0.3) is 6.43 Å². The number of halogens is 2. The Balaban J connectivity index is 1.75. The quantitative estimate of drug-likeness (QED) is 0.903. The van der Waals surface area contributed by atoms with Crippen LogP contribution in [0.3, 0.4) is 0 Å². The molecule has 1 saturated heterocycles. The largest absolute Gasteiger partial charge is 0.480 e. The summed E-state index contributed by atoms with van der Waals surface area (Å²) in [6.07, 6.45) is 5.39. The summed E-state index contributed by atoms with van der Waals surface area (Å²) in [5, 5.41) is 13.5. The van der Waals surface area contributed by atoms with Gasteiger partial charge in [0, 0.05) is 19.3 Å². The van der Waals surface area contributed by atoms with Crippen molar-refractivity contribution >= 4 is 5.97 Å². The zero-order valence-electron chi connectivity index (χ0n) is 13.1. The molecule has 1 aromatic heterocycles. The Morgan fingerprint density at radius 2 is 2.13 bits per heavy atom. The highest BCUT2D eigenvalue weighted by Gasteiger charge is 2.47. The first-order valence-electron chi connectivity index (χ1n) is 8.25. The van der Waals surface area contributed by atoms with Crippen molar-refractivity contribution < 1.29 is 18.7 Å². The minimum Gasteiger partial charge on any atom is -0.480 e. The number of carboxylic acid groups (broad SMARTS) is 1. The van der Waals surface area contributed by atoms with Crippen LogP contribution in [0.15, 0.2) is 12.3 Å². The highest BCUT2D eigenvalue weighted by atomic mass is 19.3. The van der Waals surface area contributed by atoms with Gasteiger partial charge in [0.1, 0.15) is 12.6 Å². The van der Waals surface area contributed by atoms with Crippen molar-refractivity contribution in [2.75, 3.05) is 6.54 Å². The van der Waals surface area contributed by atoms with E-state index in [1.807, 2.05) is 4.90 Å². The summed E-state index contributed by atoms with van der Waals surface area (Å²) in [5.41, 5.74) is 0.749. The number of aromatic nitrogens is 2. The second kappa shape index (κ2) is 6.55. The molecule has 1 aliphatic carbocycles. The lowest BCUT2D eigenvalue weighted by atomic mass is 9.73. The van der Waals surface area contributed by atoms with Crippen molar-refractivity contribution in [1.29, 1.82) is 0 Å². The number of aliphatic carboxylic acids is 1. The summed E-state index contributed by atoms with van der Waals surface area (Å²) >= 11 is 0. The Bertz CT molecular complexity index is 555. The van der Waals surface area contributed by atoms with Crippen LogP contribution in [0.2, 0.25) is 0 Å². The second-order valence-electron chi connectivity index (χ2n) is 6.92. The smallest absolute Gasteiger partial charge is 0.320 e. The van der Waals surface area contributed by atoms with E-state index in [1.165, 1.54) is 17.3 Å². The first kappa shape index (κ1) is 16.4. The minimum atomic E-state index is -2.47. The zero-order chi connectivity index (χ0) is 16.4. The fraction of sp³-hybridized carbons (Fsp3) is 0.750. The normalized spacial score (nSPS) is 24.6. The molecule has 7 heteroatoms. The number of carboxylic acids is 1. The van der Waals surface area contributed by atoms with Crippen LogP contribution in [0.25, 0.3) is 0 Å². The van der Waals surface area contributed by atoms with E-state index in [-0.39, 0.29) is 5.41 Å². The Kier molecular flexibility index (Phi) is 4.66. The molecule has 1 spiro atoms. The summed E-state index contributed by atoms with van der Waals surface area (Å²) in [6.45, 7) is 0.661. The molecular formula is C16H23F2N3O2. The Morgan fingerprint density at radius 3 is 2.78 bits per heavy atom. The minimum absolute atomic E-state index is 0.0921. The molecule has 2 heterocycles. The van der Waals surface area contributed by atoms with Gasteiger partial charge in [-0.05, 0) is 30.7 Å². The van der Waals surface area contributed by atoms with Crippen LogP contribution in [0, 0.1) is 5.41 Å². The van der Waals surface area contributed by atoms with E-state index in [0.717, 1.165) is 32.2 Å². The van der Waals surface area contributed by atoms with E-state index in [9.17, 15) is 18.7 Å². The molecule has 1 atom stereocenters. The van der Waals surface area contributed by atoms with Gasteiger partial charge in [-0.15, -0.1) is 0 Å². The summed E-state index contributed by atoms with van der Waals surface area (Å²) in [5.74, 6) is -0.813. The Morgan fingerprint density at radius 1 is 1.39 bits per heavy atom. The predicted octanol–water partition coefficient (Wildman–Crippen LogP) is 2.76. The lowest BCUT2D eigenvalue weighted by Gasteiger charge is -2.33. The van der Waals surface area contributed by atoms with Gasteiger partial charge in [0.2, 0.25) is 0 Å². The number of rotatable bonds is 5. The van der Waals surface area contributed by atoms with Gasteiger partial charge in [-0.3, -0.25) is 14.4 Å². The summed E-state index contributed by atoms with van der Waals surface area (Å²) < 4.78 is 26.5. The number of nitrogens with zero attached hydrogens (tertiary/aromatic N) is 3. The standard InChI is InChI=1S/C16H23F2N3O2/c17-14(18)10-21-12(4-7-19-21)9-20-11-16(5-2-1-3-6-16)8-13(20)15(22)23/h4,7,13-14H,1-3,5-6,8-11H2,(H,22,23). The van der Waals surface area contributed by atoms with E-state index in [4.69, 9.17) is 0 Å². The third-order valence-corrected chi connectivity index (χ3v) is 5.29. The summed E-state index contributed by atoms with van der Waals surface area (Å²) in [6, 6.07) is 1.18.